The summed E-state index contributed by atoms with van der Waals surface area (Å²) >= 11 is 9.44. The van der Waals surface area contributed by atoms with Crippen molar-refractivity contribution in [3.05, 3.63) is 27.8 Å². The Bertz CT molecular complexity index is 365. The monoisotopic (exact) mass is 393 g/mol. The molecule has 0 unspecified atom stereocenters. The number of aliphatic imine (C=N–C) groups is 1. The van der Waals surface area contributed by atoms with E-state index in [-0.39, 0.29) is 0 Å². The quantitative estimate of drug-likeness (QED) is 0.397. The van der Waals surface area contributed by atoms with E-state index in [4.69, 9.17) is 11.6 Å². The van der Waals surface area contributed by atoms with Crippen LogP contribution in [0.4, 0.5) is 14.5 Å². The van der Waals surface area contributed by atoms with Gasteiger partial charge in [-0.3, -0.25) is 0 Å². The van der Waals surface area contributed by atoms with Crippen LogP contribution in [0.3, 0.4) is 0 Å². The number of benzene rings is 1. The van der Waals surface area contributed by atoms with Gasteiger partial charge in [-0.25, -0.2) is 4.99 Å². The van der Waals surface area contributed by atoms with Crippen LogP contribution < -0.4 is 0 Å². The molecule has 0 spiro atoms. The van der Waals surface area contributed by atoms with Crippen molar-refractivity contribution in [1.29, 1.82) is 0 Å². The summed E-state index contributed by atoms with van der Waals surface area (Å²) in [4.78, 5) is 0.337. The maximum absolute atomic E-state index is 12.6. The number of hydrogen-bond acceptors (Lipinski definition) is 1. The van der Waals surface area contributed by atoms with Gasteiger partial charge in [0.05, 0.1) is 5.69 Å². The average molecular weight is 394 g/mol. The SMILES string of the molecule is FC(F)(Br)C(Cl)=Nc1ccccc1I. The van der Waals surface area contributed by atoms with E-state index in [1.165, 1.54) is 0 Å². The van der Waals surface area contributed by atoms with Gasteiger partial charge in [-0.05, 0) is 50.7 Å². The maximum Gasteiger partial charge on any atom is 0.353 e. The summed E-state index contributed by atoms with van der Waals surface area (Å²) in [5.74, 6) is 0. The third-order valence-corrected chi connectivity index (χ3v) is 3.14. The minimum atomic E-state index is -3.27. The lowest BCUT2D eigenvalue weighted by molar-refractivity contribution is 0.197. The van der Waals surface area contributed by atoms with Crippen LogP contribution in [0.1, 0.15) is 0 Å². The maximum atomic E-state index is 12.6. The fraction of sp³-hybridized carbons (Fsp3) is 0.125. The number of alkyl halides is 3. The molecular weight excluding hydrogens is 390 g/mol. The molecule has 1 aromatic carbocycles. The molecule has 76 valence electrons. The molecule has 1 rings (SSSR count). The van der Waals surface area contributed by atoms with E-state index >= 15 is 0 Å². The first-order chi connectivity index (χ1) is 6.41. The van der Waals surface area contributed by atoms with Crippen molar-refractivity contribution in [3.63, 3.8) is 0 Å². The summed E-state index contributed by atoms with van der Waals surface area (Å²) < 4.78 is 25.9. The number of nitrogens with zero attached hydrogens (tertiary/aromatic N) is 1. The summed E-state index contributed by atoms with van der Waals surface area (Å²) in [5.41, 5.74) is 0.428. The summed E-state index contributed by atoms with van der Waals surface area (Å²) in [6, 6.07) is 6.87. The second-order valence-electron chi connectivity index (χ2n) is 2.35. The molecule has 1 nitrogen and oxygen atoms in total. The molecule has 0 amide bonds. The Balaban J connectivity index is 3.04. The highest BCUT2D eigenvalue weighted by atomic mass is 127. The van der Waals surface area contributed by atoms with Gasteiger partial charge in [0, 0.05) is 3.57 Å². The third-order valence-electron chi connectivity index (χ3n) is 1.30. The van der Waals surface area contributed by atoms with Crippen molar-refractivity contribution < 1.29 is 8.78 Å². The fourth-order valence-corrected chi connectivity index (χ4v) is 1.40. The van der Waals surface area contributed by atoms with Crippen LogP contribution in [0.15, 0.2) is 29.3 Å². The van der Waals surface area contributed by atoms with Gasteiger partial charge in [0.2, 0.25) is 0 Å². The van der Waals surface area contributed by atoms with Gasteiger partial charge in [-0.2, -0.15) is 8.78 Å². The number of para-hydroxylation sites is 1. The Labute approximate surface area is 107 Å². The third kappa shape index (κ3) is 3.43. The van der Waals surface area contributed by atoms with E-state index in [9.17, 15) is 8.78 Å². The molecule has 0 atom stereocenters. The van der Waals surface area contributed by atoms with Gasteiger partial charge < -0.3 is 0 Å². The topological polar surface area (TPSA) is 12.4 Å². The molecular formula is C8H4BrClF2IN. The minimum Gasteiger partial charge on any atom is -0.233 e. The zero-order valence-electron chi connectivity index (χ0n) is 6.65. The molecule has 6 heteroatoms. The Morgan fingerprint density at radius 3 is 2.50 bits per heavy atom. The van der Waals surface area contributed by atoms with Crippen LogP contribution in [0.5, 0.6) is 0 Å². The molecule has 0 bridgehead atoms. The normalized spacial score (nSPS) is 13.1. The molecule has 0 radical (unpaired) electrons. The zero-order chi connectivity index (χ0) is 10.8. The zero-order valence-corrected chi connectivity index (χ0v) is 11.1. The van der Waals surface area contributed by atoms with Gasteiger partial charge in [0.1, 0.15) is 0 Å². The predicted octanol–water partition coefficient (Wildman–Crippen LogP) is 4.55. The first kappa shape index (κ1) is 12.3. The van der Waals surface area contributed by atoms with Crippen LogP contribution >= 0.6 is 50.1 Å². The van der Waals surface area contributed by atoms with Gasteiger partial charge in [-0.15, -0.1) is 0 Å². The summed E-state index contributed by atoms with van der Waals surface area (Å²) in [6.07, 6.45) is 0. The highest BCUT2D eigenvalue weighted by molar-refractivity contribution is 14.1. The molecule has 0 aromatic heterocycles. The smallest absolute Gasteiger partial charge is 0.233 e. The molecule has 0 heterocycles. The van der Waals surface area contributed by atoms with E-state index < -0.39 is 10.0 Å². The second-order valence-corrected chi connectivity index (χ2v) is 4.87. The lowest BCUT2D eigenvalue weighted by Gasteiger charge is -2.05. The van der Waals surface area contributed by atoms with Crippen molar-refractivity contribution in [2.75, 3.05) is 0 Å². The summed E-state index contributed by atoms with van der Waals surface area (Å²) in [7, 11) is 0. The van der Waals surface area contributed by atoms with Gasteiger partial charge in [0.15, 0.2) is 5.17 Å². The van der Waals surface area contributed by atoms with Crippen molar-refractivity contribution in [1.82, 2.24) is 0 Å². The van der Waals surface area contributed by atoms with Crippen molar-refractivity contribution >= 4 is 61.0 Å². The first-order valence-electron chi connectivity index (χ1n) is 3.47. The van der Waals surface area contributed by atoms with E-state index in [0.717, 1.165) is 3.57 Å². The fourth-order valence-electron chi connectivity index (χ4n) is 0.712. The largest absolute Gasteiger partial charge is 0.353 e. The van der Waals surface area contributed by atoms with Crippen molar-refractivity contribution in [2.45, 2.75) is 4.83 Å². The van der Waals surface area contributed by atoms with Gasteiger partial charge in [-0.1, -0.05) is 23.7 Å². The molecule has 0 saturated carbocycles. The minimum absolute atomic E-state index is 0.428. The molecule has 0 fully saturated rings. The molecule has 0 saturated heterocycles. The van der Waals surface area contributed by atoms with Crippen molar-refractivity contribution in [3.8, 4) is 0 Å². The molecule has 0 aliphatic rings. The number of halogens is 5. The second kappa shape index (κ2) is 4.85. The highest BCUT2D eigenvalue weighted by Gasteiger charge is 2.30. The summed E-state index contributed by atoms with van der Waals surface area (Å²) in [6.45, 7) is 0. The Kier molecular flexibility index (Phi) is 4.27. The lowest BCUT2D eigenvalue weighted by atomic mass is 10.3. The number of rotatable bonds is 2. The van der Waals surface area contributed by atoms with Crippen LogP contribution in [0.25, 0.3) is 0 Å². The van der Waals surface area contributed by atoms with E-state index in [2.05, 4.69) is 20.9 Å². The van der Waals surface area contributed by atoms with E-state index in [0.29, 0.717) is 5.69 Å². The van der Waals surface area contributed by atoms with E-state index in [1.807, 2.05) is 22.6 Å². The molecule has 1 aromatic rings. The standard InChI is InChI=1S/C8H4BrClF2IN/c9-8(11,12)7(10)14-6-4-2-1-3-5(6)13/h1-4H. The molecule has 0 aliphatic carbocycles. The molecule has 0 N–H and O–H groups in total. The van der Waals surface area contributed by atoms with Crippen LogP contribution in [0.2, 0.25) is 0 Å². The predicted molar refractivity (Wildman–Crippen MR) is 66.0 cm³/mol. The average Bonchev–Trinajstić information content (AvgIpc) is 2.07. The first-order valence-corrected chi connectivity index (χ1v) is 5.72. The highest BCUT2D eigenvalue weighted by Crippen LogP contribution is 2.29. The Morgan fingerprint density at radius 2 is 2.00 bits per heavy atom. The Hall–Kier alpha value is 0.250. The number of hydrogen-bond donors (Lipinski definition) is 0. The molecule has 0 aliphatic heterocycles. The summed E-state index contributed by atoms with van der Waals surface area (Å²) in [5, 5.41) is -0.776. The van der Waals surface area contributed by atoms with Crippen LogP contribution in [0, 0.1) is 3.57 Å². The molecule has 14 heavy (non-hydrogen) atoms. The van der Waals surface area contributed by atoms with Gasteiger partial charge >= 0.3 is 4.83 Å². The van der Waals surface area contributed by atoms with Gasteiger partial charge in [0.25, 0.3) is 0 Å². The van der Waals surface area contributed by atoms with Crippen LogP contribution in [-0.2, 0) is 0 Å². The van der Waals surface area contributed by atoms with Crippen molar-refractivity contribution in [2.24, 2.45) is 4.99 Å². The Morgan fingerprint density at radius 1 is 1.43 bits per heavy atom. The van der Waals surface area contributed by atoms with Crippen LogP contribution in [-0.4, -0.2) is 10.0 Å². The lowest BCUT2D eigenvalue weighted by Crippen LogP contribution is -2.14. The van der Waals surface area contributed by atoms with E-state index in [1.54, 1.807) is 24.3 Å².